The first kappa shape index (κ1) is 18.3. The van der Waals surface area contributed by atoms with Gasteiger partial charge in [0.1, 0.15) is 0 Å². The SMILES string of the molecule is CCOc1ccc(Cl)c(C(=O)N2CCc3cc(OC)c(OC)cc3C2)n1. The molecule has 6 nitrogen and oxygen atoms in total. The maximum atomic E-state index is 12.9. The van der Waals surface area contributed by atoms with Gasteiger partial charge in [0.2, 0.25) is 5.88 Å². The molecule has 0 atom stereocenters. The summed E-state index contributed by atoms with van der Waals surface area (Å²) in [4.78, 5) is 18.9. The molecule has 0 saturated carbocycles. The Balaban J connectivity index is 1.86. The zero-order chi connectivity index (χ0) is 18.7. The molecule has 0 radical (unpaired) electrons. The molecule has 0 spiro atoms. The van der Waals surface area contributed by atoms with Crippen molar-refractivity contribution in [2.75, 3.05) is 27.4 Å². The van der Waals surface area contributed by atoms with Gasteiger partial charge < -0.3 is 19.1 Å². The third kappa shape index (κ3) is 3.55. The van der Waals surface area contributed by atoms with E-state index < -0.39 is 0 Å². The maximum absolute atomic E-state index is 12.9. The molecule has 1 amide bonds. The molecule has 1 aromatic heterocycles. The lowest BCUT2D eigenvalue weighted by molar-refractivity contribution is 0.0727. The minimum Gasteiger partial charge on any atom is -0.493 e. The number of pyridine rings is 1. The number of rotatable bonds is 5. The van der Waals surface area contributed by atoms with Crippen molar-refractivity contribution in [3.8, 4) is 17.4 Å². The Bertz CT molecular complexity index is 825. The van der Waals surface area contributed by atoms with E-state index in [0.29, 0.717) is 42.1 Å². The molecule has 2 heterocycles. The summed E-state index contributed by atoms with van der Waals surface area (Å²) in [6.07, 6.45) is 0.726. The number of methoxy groups -OCH3 is 2. The maximum Gasteiger partial charge on any atom is 0.274 e. The highest BCUT2D eigenvalue weighted by Crippen LogP contribution is 2.33. The number of halogens is 1. The molecule has 3 rings (SSSR count). The zero-order valence-electron chi connectivity index (χ0n) is 15.0. The topological polar surface area (TPSA) is 60.9 Å². The van der Waals surface area contributed by atoms with Crippen molar-refractivity contribution in [3.63, 3.8) is 0 Å². The number of hydrogen-bond acceptors (Lipinski definition) is 5. The smallest absolute Gasteiger partial charge is 0.274 e. The number of nitrogens with zero attached hydrogens (tertiary/aromatic N) is 2. The van der Waals surface area contributed by atoms with Gasteiger partial charge in [0.25, 0.3) is 5.91 Å². The van der Waals surface area contributed by atoms with Gasteiger partial charge in [-0.05, 0) is 42.7 Å². The van der Waals surface area contributed by atoms with Crippen molar-refractivity contribution in [2.24, 2.45) is 0 Å². The summed E-state index contributed by atoms with van der Waals surface area (Å²) < 4.78 is 16.1. The third-order valence-electron chi connectivity index (χ3n) is 4.32. The normalized spacial score (nSPS) is 13.2. The number of benzene rings is 1. The molecule has 138 valence electrons. The minimum atomic E-state index is -0.211. The molecule has 2 aromatic rings. The zero-order valence-corrected chi connectivity index (χ0v) is 15.8. The highest BCUT2D eigenvalue weighted by molar-refractivity contribution is 6.33. The Kier molecular flexibility index (Phi) is 5.52. The molecule has 7 heteroatoms. The van der Waals surface area contributed by atoms with Gasteiger partial charge in [-0.3, -0.25) is 4.79 Å². The second-order valence-corrected chi connectivity index (χ2v) is 6.27. The van der Waals surface area contributed by atoms with Crippen LogP contribution in [0.25, 0.3) is 0 Å². The van der Waals surface area contributed by atoms with Crippen LogP contribution in [0.2, 0.25) is 5.02 Å². The van der Waals surface area contributed by atoms with Crippen LogP contribution in [0.1, 0.15) is 28.5 Å². The number of hydrogen-bond donors (Lipinski definition) is 0. The van der Waals surface area contributed by atoms with E-state index >= 15 is 0 Å². The van der Waals surface area contributed by atoms with E-state index in [-0.39, 0.29) is 11.6 Å². The van der Waals surface area contributed by atoms with Crippen LogP contribution in [-0.4, -0.2) is 43.2 Å². The quantitative estimate of drug-likeness (QED) is 0.800. The lowest BCUT2D eigenvalue weighted by Gasteiger charge is -2.29. The van der Waals surface area contributed by atoms with Gasteiger partial charge in [0.05, 0.1) is 25.8 Å². The molecule has 0 N–H and O–H groups in total. The van der Waals surface area contributed by atoms with Gasteiger partial charge in [-0.25, -0.2) is 4.98 Å². The van der Waals surface area contributed by atoms with Crippen LogP contribution in [0.3, 0.4) is 0 Å². The number of carbonyl (C=O) groups is 1. The second-order valence-electron chi connectivity index (χ2n) is 5.87. The van der Waals surface area contributed by atoms with E-state index in [0.717, 1.165) is 17.5 Å². The summed E-state index contributed by atoms with van der Waals surface area (Å²) in [6, 6.07) is 7.18. The molecular formula is C19H21ClN2O4. The first-order valence-corrected chi connectivity index (χ1v) is 8.77. The average Bonchev–Trinajstić information content (AvgIpc) is 2.67. The molecule has 0 bridgehead atoms. The summed E-state index contributed by atoms with van der Waals surface area (Å²) in [7, 11) is 3.21. The van der Waals surface area contributed by atoms with E-state index in [1.807, 2.05) is 19.1 Å². The number of ether oxygens (including phenoxy) is 3. The largest absolute Gasteiger partial charge is 0.493 e. The van der Waals surface area contributed by atoms with E-state index in [4.69, 9.17) is 25.8 Å². The van der Waals surface area contributed by atoms with Crippen LogP contribution in [0, 0.1) is 0 Å². The number of fused-ring (bicyclic) bond motifs is 1. The fourth-order valence-electron chi connectivity index (χ4n) is 3.01. The summed E-state index contributed by atoms with van der Waals surface area (Å²) in [5.41, 5.74) is 2.38. The van der Waals surface area contributed by atoms with Crippen LogP contribution in [0.15, 0.2) is 24.3 Å². The Morgan fingerprint density at radius 2 is 1.88 bits per heavy atom. The van der Waals surface area contributed by atoms with E-state index in [1.54, 1.807) is 31.3 Å². The summed E-state index contributed by atoms with van der Waals surface area (Å²) in [5.74, 6) is 1.52. The molecule has 1 aliphatic heterocycles. The molecule has 1 aliphatic rings. The first-order chi connectivity index (χ1) is 12.6. The van der Waals surface area contributed by atoms with Crippen LogP contribution >= 0.6 is 11.6 Å². The van der Waals surface area contributed by atoms with Gasteiger partial charge in [-0.15, -0.1) is 0 Å². The summed E-state index contributed by atoms with van der Waals surface area (Å²) in [6.45, 7) is 3.38. The Labute approximate surface area is 157 Å². The van der Waals surface area contributed by atoms with Gasteiger partial charge in [-0.1, -0.05) is 11.6 Å². The van der Waals surface area contributed by atoms with Crippen molar-refractivity contribution < 1.29 is 19.0 Å². The molecule has 0 aliphatic carbocycles. The number of amides is 1. The molecule has 26 heavy (non-hydrogen) atoms. The molecule has 0 fully saturated rings. The van der Waals surface area contributed by atoms with Crippen molar-refractivity contribution in [2.45, 2.75) is 19.9 Å². The number of aromatic nitrogens is 1. The number of carbonyl (C=O) groups excluding carboxylic acids is 1. The van der Waals surface area contributed by atoms with Crippen molar-refractivity contribution in [1.82, 2.24) is 9.88 Å². The summed E-state index contributed by atoms with van der Waals surface area (Å²) >= 11 is 6.20. The van der Waals surface area contributed by atoms with Crippen molar-refractivity contribution in [3.05, 3.63) is 46.1 Å². The van der Waals surface area contributed by atoms with Gasteiger partial charge in [0.15, 0.2) is 17.2 Å². The fraction of sp³-hybridized carbons (Fsp3) is 0.368. The van der Waals surface area contributed by atoms with Crippen LogP contribution in [-0.2, 0) is 13.0 Å². The Morgan fingerprint density at radius 3 is 2.54 bits per heavy atom. The second kappa shape index (κ2) is 7.83. The van der Waals surface area contributed by atoms with E-state index in [2.05, 4.69) is 4.98 Å². The fourth-order valence-corrected chi connectivity index (χ4v) is 3.19. The molecular weight excluding hydrogens is 356 g/mol. The summed E-state index contributed by atoms with van der Waals surface area (Å²) in [5, 5.41) is 0.316. The third-order valence-corrected chi connectivity index (χ3v) is 4.63. The lowest BCUT2D eigenvalue weighted by atomic mass is 9.98. The standard InChI is InChI=1S/C19H21ClN2O4/c1-4-26-17-6-5-14(20)18(21-17)19(23)22-8-7-12-9-15(24-2)16(25-3)10-13(12)11-22/h5-6,9-10H,4,7-8,11H2,1-3H3. The van der Waals surface area contributed by atoms with Crippen molar-refractivity contribution in [1.29, 1.82) is 0 Å². The lowest BCUT2D eigenvalue weighted by Crippen LogP contribution is -2.36. The highest BCUT2D eigenvalue weighted by Gasteiger charge is 2.26. The predicted octanol–water partition coefficient (Wildman–Crippen LogP) is 3.35. The monoisotopic (exact) mass is 376 g/mol. The molecule has 0 saturated heterocycles. The Hall–Kier alpha value is -2.47. The van der Waals surface area contributed by atoms with Gasteiger partial charge >= 0.3 is 0 Å². The minimum absolute atomic E-state index is 0.210. The van der Waals surface area contributed by atoms with Crippen LogP contribution in [0.4, 0.5) is 0 Å². The predicted molar refractivity (Wildman–Crippen MR) is 98.4 cm³/mol. The molecule has 0 unspecified atom stereocenters. The van der Waals surface area contributed by atoms with Crippen molar-refractivity contribution >= 4 is 17.5 Å². The van der Waals surface area contributed by atoms with E-state index in [1.165, 1.54) is 0 Å². The Morgan fingerprint density at radius 1 is 1.19 bits per heavy atom. The average molecular weight is 377 g/mol. The van der Waals surface area contributed by atoms with Crippen LogP contribution < -0.4 is 14.2 Å². The van der Waals surface area contributed by atoms with E-state index in [9.17, 15) is 4.79 Å². The highest BCUT2D eigenvalue weighted by atomic mass is 35.5. The van der Waals surface area contributed by atoms with Gasteiger partial charge in [0, 0.05) is 19.2 Å². The first-order valence-electron chi connectivity index (χ1n) is 8.39. The van der Waals surface area contributed by atoms with Crippen LogP contribution in [0.5, 0.6) is 17.4 Å². The van der Waals surface area contributed by atoms with Gasteiger partial charge in [-0.2, -0.15) is 0 Å². The molecule has 1 aromatic carbocycles.